The van der Waals surface area contributed by atoms with E-state index in [1.54, 1.807) is 0 Å². The molecule has 1 heterocycles. The van der Waals surface area contributed by atoms with Crippen LogP contribution in [0.15, 0.2) is 30.3 Å². The minimum Gasteiger partial charge on any atom is -0.342 e. The molecule has 3 heteroatoms. The van der Waals surface area contributed by atoms with Crippen molar-refractivity contribution in [3.63, 3.8) is 0 Å². The number of nitrogens with two attached hydrogens (primary N) is 1. The number of nitrogens with zero attached hydrogens (tertiary/aromatic N) is 1. The first-order chi connectivity index (χ1) is 9.76. The van der Waals surface area contributed by atoms with E-state index in [-0.39, 0.29) is 5.41 Å². The molecular formula is C17H24N2O. The molecule has 2 fully saturated rings. The van der Waals surface area contributed by atoms with E-state index in [1.165, 1.54) is 12.0 Å². The number of hydrogen-bond donors (Lipinski definition) is 1. The van der Waals surface area contributed by atoms with Crippen molar-refractivity contribution in [1.82, 2.24) is 4.90 Å². The molecule has 0 bridgehead atoms. The fourth-order valence-corrected chi connectivity index (χ4v) is 3.53. The zero-order valence-corrected chi connectivity index (χ0v) is 12.1. The number of hydrogen-bond acceptors (Lipinski definition) is 2. The SMILES string of the molecule is NCCC1CCCN(C(=O)C2(c3ccccc3)CC2)C1. The molecule has 2 aliphatic rings. The number of carbonyl (C=O) groups excluding carboxylic acids is 1. The Balaban J connectivity index is 1.72. The van der Waals surface area contributed by atoms with Crippen LogP contribution in [0.25, 0.3) is 0 Å². The van der Waals surface area contributed by atoms with E-state index in [0.717, 1.165) is 45.3 Å². The second-order valence-corrected chi connectivity index (χ2v) is 6.28. The van der Waals surface area contributed by atoms with Crippen LogP contribution in [0.5, 0.6) is 0 Å². The topological polar surface area (TPSA) is 46.3 Å². The van der Waals surface area contributed by atoms with E-state index in [0.29, 0.717) is 11.8 Å². The number of benzene rings is 1. The standard InChI is InChI=1S/C17H24N2O/c18-11-8-14-5-4-12-19(13-14)16(20)17(9-10-17)15-6-2-1-3-7-15/h1-3,6-7,14H,4-5,8-13,18H2. The molecule has 1 atom stereocenters. The van der Waals surface area contributed by atoms with Crippen LogP contribution in [0.2, 0.25) is 0 Å². The first-order valence-corrected chi connectivity index (χ1v) is 7.81. The number of rotatable bonds is 4. The predicted molar refractivity (Wildman–Crippen MR) is 80.3 cm³/mol. The van der Waals surface area contributed by atoms with Crippen LogP contribution in [-0.4, -0.2) is 30.4 Å². The fourth-order valence-electron chi connectivity index (χ4n) is 3.53. The number of carbonyl (C=O) groups is 1. The van der Waals surface area contributed by atoms with Gasteiger partial charge < -0.3 is 10.6 Å². The molecule has 0 radical (unpaired) electrons. The normalized spacial score (nSPS) is 24.4. The van der Waals surface area contributed by atoms with Crippen molar-refractivity contribution in [3.8, 4) is 0 Å². The Morgan fingerprint density at radius 2 is 2.05 bits per heavy atom. The Morgan fingerprint density at radius 3 is 2.70 bits per heavy atom. The first kappa shape index (κ1) is 13.6. The molecule has 1 aliphatic carbocycles. The maximum absolute atomic E-state index is 12.9. The molecule has 1 unspecified atom stereocenters. The highest BCUT2D eigenvalue weighted by molar-refractivity contribution is 5.91. The zero-order valence-electron chi connectivity index (χ0n) is 12.1. The maximum atomic E-state index is 12.9. The van der Waals surface area contributed by atoms with Gasteiger partial charge in [-0.1, -0.05) is 30.3 Å². The first-order valence-electron chi connectivity index (χ1n) is 7.81. The van der Waals surface area contributed by atoms with Gasteiger partial charge in [-0.3, -0.25) is 4.79 Å². The third-order valence-electron chi connectivity index (χ3n) is 4.87. The van der Waals surface area contributed by atoms with Crippen LogP contribution in [0.1, 0.15) is 37.7 Å². The average Bonchev–Trinajstić information content (AvgIpc) is 3.30. The summed E-state index contributed by atoms with van der Waals surface area (Å²) in [4.78, 5) is 15.0. The van der Waals surface area contributed by atoms with E-state index in [1.807, 2.05) is 18.2 Å². The summed E-state index contributed by atoms with van der Waals surface area (Å²) in [5.74, 6) is 0.953. The molecule has 20 heavy (non-hydrogen) atoms. The van der Waals surface area contributed by atoms with Crippen molar-refractivity contribution < 1.29 is 4.79 Å². The van der Waals surface area contributed by atoms with Gasteiger partial charge in [0.05, 0.1) is 5.41 Å². The number of likely N-dealkylation sites (tertiary alicyclic amines) is 1. The summed E-state index contributed by atoms with van der Waals surface area (Å²) in [6, 6.07) is 10.3. The number of piperidine rings is 1. The molecule has 1 aromatic carbocycles. The minimum atomic E-state index is -0.203. The van der Waals surface area contributed by atoms with Crippen molar-refractivity contribution in [2.24, 2.45) is 11.7 Å². The van der Waals surface area contributed by atoms with Crippen LogP contribution >= 0.6 is 0 Å². The Morgan fingerprint density at radius 1 is 1.30 bits per heavy atom. The van der Waals surface area contributed by atoms with Gasteiger partial charge in [0.25, 0.3) is 0 Å². The quantitative estimate of drug-likeness (QED) is 0.914. The Bertz CT molecular complexity index is 465. The highest BCUT2D eigenvalue weighted by atomic mass is 16.2. The van der Waals surface area contributed by atoms with Crippen LogP contribution in [-0.2, 0) is 10.2 Å². The average molecular weight is 272 g/mol. The lowest BCUT2D eigenvalue weighted by Gasteiger charge is -2.35. The molecule has 1 saturated heterocycles. The van der Waals surface area contributed by atoms with Gasteiger partial charge in [0.1, 0.15) is 0 Å². The summed E-state index contributed by atoms with van der Waals surface area (Å²) in [7, 11) is 0. The van der Waals surface area contributed by atoms with Gasteiger partial charge in [0.2, 0.25) is 5.91 Å². The molecule has 3 rings (SSSR count). The highest BCUT2D eigenvalue weighted by Gasteiger charge is 2.53. The van der Waals surface area contributed by atoms with Gasteiger partial charge in [0, 0.05) is 13.1 Å². The third-order valence-corrected chi connectivity index (χ3v) is 4.87. The monoisotopic (exact) mass is 272 g/mol. The van der Waals surface area contributed by atoms with E-state index in [2.05, 4.69) is 17.0 Å². The van der Waals surface area contributed by atoms with E-state index < -0.39 is 0 Å². The lowest BCUT2D eigenvalue weighted by molar-refractivity contribution is -0.135. The van der Waals surface area contributed by atoms with Crippen LogP contribution in [0.3, 0.4) is 0 Å². The van der Waals surface area contributed by atoms with Crippen molar-refractivity contribution in [2.45, 2.75) is 37.5 Å². The molecule has 108 valence electrons. The maximum Gasteiger partial charge on any atom is 0.233 e. The molecular weight excluding hydrogens is 248 g/mol. The molecule has 3 nitrogen and oxygen atoms in total. The summed E-state index contributed by atoms with van der Waals surface area (Å²) in [6.07, 6.45) is 5.41. The molecule has 1 saturated carbocycles. The smallest absolute Gasteiger partial charge is 0.233 e. The minimum absolute atomic E-state index is 0.203. The molecule has 0 aromatic heterocycles. The summed E-state index contributed by atoms with van der Waals surface area (Å²) in [6.45, 7) is 2.57. The van der Waals surface area contributed by atoms with Crippen LogP contribution in [0, 0.1) is 5.92 Å². The van der Waals surface area contributed by atoms with Gasteiger partial charge in [-0.2, -0.15) is 0 Å². The van der Waals surface area contributed by atoms with Gasteiger partial charge >= 0.3 is 0 Å². The molecule has 1 amide bonds. The highest BCUT2D eigenvalue weighted by Crippen LogP contribution is 2.49. The van der Waals surface area contributed by atoms with Gasteiger partial charge in [-0.25, -0.2) is 0 Å². The lowest BCUT2D eigenvalue weighted by atomic mass is 9.90. The zero-order chi connectivity index (χ0) is 14.0. The van der Waals surface area contributed by atoms with Crippen molar-refractivity contribution in [2.75, 3.05) is 19.6 Å². The van der Waals surface area contributed by atoms with Gasteiger partial charge in [-0.15, -0.1) is 0 Å². The second-order valence-electron chi connectivity index (χ2n) is 6.28. The van der Waals surface area contributed by atoms with E-state index >= 15 is 0 Å². The molecule has 1 aromatic rings. The molecule has 2 N–H and O–H groups in total. The van der Waals surface area contributed by atoms with Gasteiger partial charge in [0.15, 0.2) is 0 Å². The van der Waals surface area contributed by atoms with Crippen LogP contribution < -0.4 is 5.73 Å². The van der Waals surface area contributed by atoms with Crippen molar-refractivity contribution >= 4 is 5.91 Å². The summed E-state index contributed by atoms with van der Waals surface area (Å²) in [5, 5.41) is 0. The predicted octanol–water partition coefficient (Wildman–Crippen LogP) is 2.31. The van der Waals surface area contributed by atoms with E-state index in [9.17, 15) is 4.79 Å². The van der Waals surface area contributed by atoms with Gasteiger partial charge in [-0.05, 0) is 50.1 Å². The Hall–Kier alpha value is -1.35. The second kappa shape index (κ2) is 5.57. The largest absolute Gasteiger partial charge is 0.342 e. The van der Waals surface area contributed by atoms with Crippen LogP contribution in [0.4, 0.5) is 0 Å². The number of amides is 1. The third kappa shape index (κ3) is 2.47. The fraction of sp³-hybridized carbons (Fsp3) is 0.588. The Labute approximate surface area is 121 Å². The summed E-state index contributed by atoms with van der Waals surface area (Å²) in [5.41, 5.74) is 6.66. The lowest BCUT2D eigenvalue weighted by Crippen LogP contribution is -2.45. The Kier molecular flexibility index (Phi) is 3.79. The van der Waals surface area contributed by atoms with Crippen molar-refractivity contribution in [1.29, 1.82) is 0 Å². The molecule has 0 spiro atoms. The van der Waals surface area contributed by atoms with Crippen molar-refractivity contribution in [3.05, 3.63) is 35.9 Å². The summed E-state index contributed by atoms with van der Waals surface area (Å²) >= 11 is 0. The van der Waals surface area contributed by atoms with E-state index in [4.69, 9.17) is 5.73 Å². The summed E-state index contributed by atoms with van der Waals surface area (Å²) < 4.78 is 0. The molecule has 1 aliphatic heterocycles.